The van der Waals surface area contributed by atoms with Crippen LogP contribution < -0.4 is 29.6 Å². The van der Waals surface area contributed by atoms with Gasteiger partial charge in [-0.15, -0.1) is 0 Å². The standard InChI is InChI=1S/C4H2BN10O8.3C4H10O2.Na/c16-12(17)1-6-3(14(20)21)10(8-1)5-11-4(15(22)23)7-2(9-11)13(18)19;3*1-5-3-4-6-2;/h5H2;3*3-4H2,1-2H3;/q-1;;;;+1. The Morgan fingerprint density at radius 3 is 0.952 bits per heavy atom. The number of nitrogens with zero attached hydrogens (tertiary/aromatic N) is 10. The molecule has 0 spiro atoms. The summed E-state index contributed by atoms with van der Waals surface area (Å²) in [6, 6.07) is 0. The molecular formula is C16H32BN10NaO14. The van der Waals surface area contributed by atoms with Gasteiger partial charge in [-0.25, -0.2) is 9.19 Å². The normalized spacial score (nSPS) is 9.57. The molecule has 0 saturated carbocycles. The van der Waals surface area contributed by atoms with E-state index in [-0.39, 0.29) is 29.6 Å². The Morgan fingerprint density at radius 2 is 0.786 bits per heavy atom. The molecule has 0 radical (unpaired) electrons. The molecule has 42 heavy (non-hydrogen) atoms. The largest absolute Gasteiger partial charge is 1.00 e. The Balaban J connectivity index is -0.000000655. The maximum atomic E-state index is 10.8. The average Bonchev–Trinajstić information content (AvgIpc) is 3.56. The first-order chi connectivity index (χ1) is 19.4. The van der Waals surface area contributed by atoms with Crippen molar-refractivity contribution in [2.75, 3.05) is 82.3 Å². The Morgan fingerprint density at radius 1 is 0.548 bits per heavy atom. The molecule has 0 fully saturated rings. The van der Waals surface area contributed by atoms with E-state index in [4.69, 9.17) is 0 Å². The Bertz CT molecular complexity index is 960. The van der Waals surface area contributed by atoms with Crippen LogP contribution in [-0.4, -0.2) is 139 Å². The Hall–Kier alpha value is -3.30. The maximum Gasteiger partial charge on any atom is 1.00 e. The third-order valence-electron chi connectivity index (χ3n) is 3.96. The summed E-state index contributed by atoms with van der Waals surface area (Å²) in [4.78, 5) is 44.3. The second-order valence-electron chi connectivity index (χ2n) is 6.86. The predicted molar refractivity (Wildman–Crippen MR) is 137 cm³/mol. The number of methoxy groups -OCH3 is 6. The van der Waals surface area contributed by atoms with Gasteiger partial charge in [-0.1, -0.05) is 0 Å². The van der Waals surface area contributed by atoms with E-state index in [0.29, 0.717) is 48.8 Å². The molecule has 0 atom stereocenters. The van der Waals surface area contributed by atoms with E-state index in [1.54, 1.807) is 42.7 Å². The minimum absolute atomic E-state index is 0. The number of hydrogen-bond donors (Lipinski definition) is 0. The number of nitro groups is 4. The van der Waals surface area contributed by atoms with E-state index < -0.39 is 51.0 Å². The molecule has 0 unspecified atom stereocenters. The van der Waals surface area contributed by atoms with Gasteiger partial charge in [0.2, 0.25) is 0 Å². The summed E-state index contributed by atoms with van der Waals surface area (Å²) in [7, 11) is 7.65. The molecule has 2 aromatic heterocycles. The van der Waals surface area contributed by atoms with Gasteiger partial charge in [0.1, 0.15) is 0 Å². The van der Waals surface area contributed by atoms with E-state index in [9.17, 15) is 40.5 Å². The molecule has 0 aliphatic carbocycles. The predicted octanol–water partition coefficient (Wildman–Crippen LogP) is -4.26. The summed E-state index contributed by atoms with van der Waals surface area (Å²) in [5.74, 6) is -4.30. The van der Waals surface area contributed by atoms with Crippen LogP contribution in [0.1, 0.15) is 0 Å². The van der Waals surface area contributed by atoms with Crippen molar-refractivity contribution in [2.45, 2.75) is 0 Å². The van der Waals surface area contributed by atoms with E-state index >= 15 is 0 Å². The molecule has 2 aromatic rings. The fourth-order valence-corrected chi connectivity index (χ4v) is 2.15. The smallest absolute Gasteiger partial charge is 0.390 e. The number of hydrogen-bond acceptors (Lipinski definition) is 18. The van der Waals surface area contributed by atoms with Crippen LogP contribution in [0.15, 0.2) is 0 Å². The van der Waals surface area contributed by atoms with Crippen molar-refractivity contribution in [1.29, 1.82) is 0 Å². The van der Waals surface area contributed by atoms with Gasteiger partial charge in [-0.3, -0.25) is 0 Å². The fourth-order valence-electron chi connectivity index (χ4n) is 2.15. The molecule has 24 nitrogen and oxygen atoms in total. The van der Waals surface area contributed by atoms with E-state index in [1.165, 1.54) is 0 Å². The molecule has 0 bridgehead atoms. The third kappa shape index (κ3) is 18.9. The SMILES string of the molecule is COCCOC.COCCOC.COCCOC.O=[N+]([O-])c1nc([N+](=O)[O-])n([BH2-]n2nc([N+](=O)[O-])nc2[N+](=O)[O-])n1.[Na+]. The molecule has 0 aromatic carbocycles. The minimum atomic E-state index is -2.26. The quantitative estimate of drug-likeness (QED) is 0.0786. The van der Waals surface area contributed by atoms with Crippen molar-refractivity contribution in [3.63, 3.8) is 0 Å². The summed E-state index contributed by atoms with van der Waals surface area (Å²) < 4.78 is 28.8. The van der Waals surface area contributed by atoms with Gasteiger partial charge in [-0.05, 0) is 19.7 Å². The van der Waals surface area contributed by atoms with E-state index in [1.807, 2.05) is 0 Å². The molecule has 0 N–H and O–H groups in total. The molecule has 0 aliphatic rings. The molecule has 2 rings (SSSR count). The number of ether oxygens (including phenoxy) is 6. The zero-order valence-corrected chi connectivity index (χ0v) is 26.4. The second-order valence-corrected chi connectivity index (χ2v) is 6.86. The average molecular weight is 622 g/mol. The third-order valence-corrected chi connectivity index (χ3v) is 3.96. The monoisotopic (exact) mass is 622 g/mol. The van der Waals surface area contributed by atoms with Crippen LogP contribution in [0, 0.1) is 40.5 Å². The van der Waals surface area contributed by atoms with Crippen LogP contribution in [-0.2, 0) is 28.4 Å². The first-order valence-electron chi connectivity index (χ1n) is 11.1. The van der Waals surface area contributed by atoms with Crippen LogP contribution in [0.5, 0.6) is 0 Å². The van der Waals surface area contributed by atoms with Crippen LogP contribution in [0.2, 0.25) is 0 Å². The molecule has 0 amide bonds. The Labute approximate surface area is 260 Å². The molecule has 234 valence electrons. The van der Waals surface area contributed by atoms with E-state index in [0.717, 1.165) is 0 Å². The summed E-state index contributed by atoms with van der Waals surface area (Å²) in [5, 5.41) is 49.1. The summed E-state index contributed by atoms with van der Waals surface area (Å²) in [5.41, 5.74) is 0. The molecule has 26 heteroatoms. The first kappa shape index (κ1) is 43.2. The molecular weight excluding hydrogens is 590 g/mol. The summed E-state index contributed by atoms with van der Waals surface area (Å²) in [6.07, 6.45) is 0. The Kier molecular flexibility index (Phi) is 27.3. The van der Waals surface area contributed by atoms with Crippen molar-refractivity contribution in [2.24, 2.45) is 0 Å². The van der Waals surface area contributed by atoms with Crippen LogP contribution in [0.3, 0.4) is 0 Å². The van der Waals surface area contributed by atoms with Crippen molar-refractivity contribution >= 4 is 31.3 Å². The van der Waals surface area contributed by atoms with Crippen molar-refractivity contribution < 1.29 is 77.7 Å². The van der Waals surface area contributed by atoms with Crippen molar-refractivity contribution in [3.05, 3.63) is 40.5 Å². The van der Waals surface area contributed by atoms with Crippen LogP contribution >= 0.6 is 0 Å². The van der Waals surface area contributed by atoms with Crippen molar-refractivity contribution in [3.8, 4) is 0 Å². The number of aromatic nitrogens is 6. The minimum Gasteiger partial charge on any atom is -0.390 e. The van der Waals surface area contributed by atoms with Crippen LogP contribution in [0.25, 0.3) is 0 Å². The maximum absolute atomic E-state index is 10.8. The van der Waals surface area contributed by atoms with Gasteiger partial charge in [0.05, 0.1) is 39.6 Å². The van der Waals surface area contributed by atoms with Gasteiger partial charge in [-0.2, -0.15) is 0 Å². The summed E-state index contributed by atoms with van der Waals surface area (Å²) in [6.45, 7) is 4.15. The van der Waals surface area contributed by atoms with Gasteiger partial charge in [0, 0.05) is 62.8 Å². The molecule has 0 aliphatic heterocycles. The van der Waals surface area contributed by atoms with E-state index in [2.05, 4.69) is 48.6 Å². The fraction of sp³-hybridized carbons (Fsp3) is 0.750. The molecule has 0 saturated heterocycles. The van der Waals surface area contributed by atoms with Gasteiger partial charge in [0.25, 0.3) is 0 Å². The van der Waals surface area contributed by atoms with Gasteiger partial charge >= 0.3 is 60.9 Å². The topological polar surface area (TPSA) is 289 Å². The first-order valence-corrected chi connectivity index (χ1v) is 11.1. The van der Waals surface area contributed by atoms with Crippen molar-refractivity contribution in [1.82, 2.24) is 29.4 Å². The zero-order chi connectivity index (χ0) is 31.8. The second kappa shape index (κ2) is 26.6. The number of rotatable bonds is 15. The van der Waals surface area contributed by atoms with Gasteiger partial charge < -0.3 is 68.9 Å². The van der Waals surface area contributed by atoms with Crippen LogP contribution in [0.4, 0.5) is 23.8 Å². The zero-order valence-electron chi connectivity index (χ0n) is 24.4. The molecule has 2 heterocycles. The van der Waals surface area contributed by atoms with Gasteiger partial charge in [0.15, 0.2) is 0 Å². The summed E-state index contributed by atoms with van der Waals surface area (Å²) >= 11 is 0.